The van der Waals surface area contributed by atoms with Crippen molar-refractivity contribution in [2.75, 3.05) is 50.8 Å². The minimum absolute atomic E-state index is 0.0120. The van der Waals surface area contributed by atoms with Crippen molar-refractivity contribution in [3.63, 3.8) is 0 Å². The number of aliphatic hydroxyl groups is 2. The Morgan fingerprint density at radius 2 is 1.35 bits per heavy atom. The van der Waals surface area contributed by atoms with E-state index in [0.717, 1.165) is 22.7 Å². The van der Waals surface area contributed by atoms with Gasteiger partial charge in [-0.2, -0.15) is 25.3 Å². The van der Waals surface area contributed by atoms with Gasteiger partial charge in [-0.25, -0.2) is 4.79 Å². The standard InChI is InChI=1S/C45H68N16O15S2/c1-21(63)36(60-41(72)30(20-78)59-40(71)26(8-4-10-50-45(48)49)55-33(65)15-52-38(69)27(13-32(47)64)57-37(68)24(46)19-77)43(74)58-29(18-62)39(70)54-17-35(67)61-11-5-9-31(61)42(73)53-16-34(66)56-28(44(75)76)12-22-14-51-25-7-3-2-6-23(22)25/h2-3,6-7,14,21,24,26-31,36,51,62-63,77-78H,4-5,8-13,15-20,46H2,1H3,(H2,47,64)(H,52,69)(H,53,73)(H,54,70)(H,55,65)(H,56,66)(H,57,68)(H,58,74)(H,59,71)(H,60,72)(H,75,76)(H4,48,49,50)/t21-,24+,26+,27+,28+,29+,30+,31+,36+/m1/s1. The Bertz CT molecular complexity index is 2530. The number of aromatic amines is 1. The first-order valence-electron chi connectivity index (χ1n) is 24.2. The maximum atomic E-state index is 13.6. The average Bonchev–Trinajstić information content (AvgIpc) is 4.06. The van der Waals surface area contributed by atoms with Gasteiger partial charge in [-0.15, -0.1) is 0 Å². The van der Waals surface area contributed by atoms with E-state index in [2.05, 4.69) is 83.1 Å². The van der Waals surface area contributed by atoms with Crippen molar-refractivity contribution in [3.8, 4) is 0 Å². The number of likely N-dealkylation sites (tertiary alicyclic amines) is 1. The quantitative estimate of drug-likeness (QED) is 0.0140. The molecule has 2 heterocycles. The van der Waals surface area contributed by atoms with Crippen molar-refractivity contribution in [1.82, 2.24) is 57.7 Å². The fourth-order valence-electron chi connectivity index (χ4n) is 7.64. The molecular formula is C45H68N16O15S2. The monoisotopic (exact) mass is 1140 g/mol. The Labute approximate surface area is 456 Å². The third kappa shape index (κ3) is 20.7. The second kappa shape index (κ2) is 32.1. The van der Waals surface area contributed by atoms with Crippen LogP contribution in [0, 0.1) is 0 Å². The normalized spacial score (nSPS) is 16.0. The van der Waals surface area contributed by atoms with E-state index in [1.807, 2.05) is 6.07 Å². The maximum absolute atomic E-state index is 13.6. The van der Waals surface area contributed by atoms with E-state index in [1.165, 1.54) is 0 Å². The molecule has 1 aromatic carbocycles. The number of benzene rings is 1. The SMILES string of the molecule is C[C@@H](O)[C@H](NC(=O)[C@H](CS)NC(=O)[C@H](CCCN=C(N)N)NC(=O)CNC(=O)[C@H](CC(N)=O)NC(=O)[C@@H](N)CS)C(=O)N[C@@H](CO)C(=O)NCC(=O)N1CCC[C@H]1C(=O)NCC(=O)N[C@@H](Cc1c[nH]c2ccccc12)C(=O)O. The Morgan fingerprint density at radius 1 is 0.744 bits per heavy atom. The van der Waals surface area contributed by atoms with Crippen LogP contribution in [0.25, 0.3) is 10.9 Å². The molecule has 3 rings (SSSR count). The molecule has 1 aromatic heterocycles. The number of carbonyl (C=O) groups excluding carboxylic acids is 11. The van der Waals surface area contributed by atoms with E-state index in [9.17, 15) is 72.9 Å². The first-order valence-corrected chi connectivity index (χ1v) is 25.5. The van der Waals surface area contributed by atoms with Crippen molar-refractivity contribution in [2.45, 2.75) is 99.9 Å². The summed E-state index contributed by atoms with van der Waals surface area (Å²) in [6.45, 7) is -2.00. The summed E-state index contributed by atoms with van der Waals surface area (Å²) in [6, 6.07) is -4.47. The number of guanidine groups is 1. The zero-order chi connectivity index (χ0) is 58.2. The number of fused-ring (bicyclic) bond motifs is 1. The van der Waals surface area contributed by atoms with E-state index in [-0.39, 0.29) is 50.5 Å². The zero-order valence-electron chi connectivity index (χ0n) is 42.3. The number of aromatic nitrogens is 1. The predicted molar refractivity (Wildman–Crippen MR) is 283 cm³/mol. The van der Waals surface area contributed by atoms with Crippen LogP contribution in [0.5, 0.6) is 0 Å². The topological polar surface area (TPSA) is 509 Å². The highest BCUT2D eigenvalue weighted by atomic mass is 32.1. The molecule has 0 unspecified atom stereocenters. The first kappa shape index (κ1) is 64.5. The van der Waals surface area contributed by atoms with Crippen LogP contribution in [0.3, 0.4) is 0 Å². The first-order chi connectivity index (χ1) is 36.9. The molecule has 33 heteroatoms. The lowest BCUT2D eigenvalue weighted by Gasteiger charge is -2.27. The molecule has 0 bridgehead atoms. The smallest absolute Gasteiger partial charge is 0.326 e. The molecule has 31 nitrogen and oxygen atoms in total. The summed E-state index contributed by atoms with van der Waals surface area (Å²) in [5.74, 6) is -12.5. The van der Waals surface area contributed by atoms with Gasteiger partial charge >= 0.3 is 5.97 Å². The van der Waals surface area contributed by atoms with Crippen molar-refractivity contribution >= 4 is 113 Å². The summed E-state index contributed by atoms with van der Waals surface area (Å²) in [5.41, 5.74) is 23.0. The van der Waals surface area contributed by atoms with Gasteiger partial charge in [0.15, 0.2) is 5.96 Å². The number of thiol groups is 2. The molecule has 2 aromatic rings. The fourth-order valence-corrected chi connectivity index (χ4v) is 8.06. The highest BCUT2D eigenvalue weighted by molar-refractivity contribution is 7.80. The number of hydrogen-bond acceptors (Lipinski definition) is 18. The van der Waals surface area contributed by atoms with Gasteiger partial charge in [0.25, 0.3) is 0 Å². The van der Waals surface area contributed by atoms with E-state index in [0.29, 0.717) is 12.0 Å². The number of H-pyrrole nitrogens is 1. The lowest BCUT2D eigenvalue weighted by Crippen LogP contribution is -2.61. The minimum Gasteiger partial charge on any atom is -0.480 e. The summed E-state index contributed by atoms with van der Waals surface area (Å²) in [7, 11) is 0. The van der Waals surface area contributed by atoms with Gasteiger partial charge in [0.2, 0.25) is 65.0 Å². The molecule has 11 amide bonds. The molecule has 78 heavy (non-hydrogen) atoms. The van der Waals surface area contributed by atoms with Gasteiger partial charge in [0.05, 0.1) is 44.8 Å². The van der Waals surface area contributed by atoms with Crippen LogP contribution in [0.4, 0.5) is 0 Å². The number of nitrogens with two attached hydrogens (primary N) is 4. The van der Waals surface area contributed by atoms with Crippen LogP contribution >= 0.6 is 25.3 Å². The van der Waals surface area contributed by atoms with E-state index in [1.54, 1.807) is 24.4 Å². The number of primary amides is 1. The van der Waals surface area contributed by atoms with Crippen molar-refractivity contribution in [2.24, 2.45) is 27.9 Å². The molecule has 1 saturated heterocycles. The Morgan fingerprint density at radius 3 is 1.96 bits per heavy atom. The number of hydrogen-bond donors (Lipinski definition) is 19. The molecule has 0 aliphatic carbocycles. The number of aliphatic carboxylic acids is 1. The molecule has 1 aliphatic heterocycles. The fraction of sp³-hybridized carbons (Fsp3) is 0.533. The zero-order valence-corrected chi connectivity index (χ0v) is 44.1. The van der Waals surface area contributed by atoms with Crippen LogP contribution < -0.4 is 70.8 Å². The Hall–Kier alpha value is -7.75. The summed E-state index contributed by atoms with van der Waals surface area (Å²) in [4.78, 5) is 163. The number of aliphatic imine (C=N–C) groups is 1. The number of nitrogens with zero attached hydrogens (tertiary/aromatic N) is 2. The molecular weight excluding hydrogens is 1070 g/mol. The van der Waals surface area contributed by atoms with E-state index in [4.69, 9.17) is 22.9 Å². The number of nitrogens with one attached hydrogen (secondary N) is 10. The number of carboxylic acid groups (broad SMARTS) is 1. The van der Waals surface area contributed by atoms with Crippen LogP contribution in [-0.4, -0.2) is 207 Å². The third-order valence-electron chi connectivity index (χ3n) is 11.7. The highest BCUT2D eigenvalue weighted by Crippen LogP contribution is 2.20. The average molecular weight is 1140 g/mol. The van der Waals surface area contributed by atoms with Crippen molar-refractivity contribution in [3.05, 3.63) is 36.0 Å². The number of rotatable bonds is 32. The Kier molecular flexibility index (Phi) is 26.6. The number of carbonyl (C=O) groups is 12. The lowest BCUT2D eigenvalue weighted by molar-refractivity contribution is -0.142. The molecule has 430 valence electrons. The molecule has 0 spiro atoms. The predicted octanol–water partition coefficient (Wildman–Crippen LogP) is -8.47. The molecule has 0 radical (unpaired) electrons. The van der Waals surface area contributed by atoms with Crippen LogP contribution in [-0.2, 0) is 64.0 Å². The van der Waals surface area contributed by atoms with E-state index < -0.39 is 164 Å². The number of carboxylic acids is 1. The van der Waals surface area contributed by atoms with Gasteiger partial charge in [-0.3, -0.25) is 57.7 Å². The van der Waals surface area contributed by atoms with Gasteiger partial charge in [-0.05, 0) is 44.2 Å². The summed E-state index contributed by atoms with van der Waals surface area (Å²) < 4.78 is 0. The second-order valence-electron chi connectivity index (χ2n) is 17.7. The van der Waals surface area contributed by atoms with Crippen molar-refractivity contribution in [1.29, 1.82) is 0 Å². The summed E-state index contributed by atoms with van der Waals surface area (Å²) in [5, 5.41) is 51.8. The largest absolute Gasteiger partial charge is 0.480 e. The van der Waals surface area contributed by atoms with E-state index >= 15 is 0 Å². The van der Waals surface area contributed by atoms with Crippen LogP contribution in [0.1, 0.15) is 44.6 Å². The number of aliphatic hydroxyl groups excluding tert-OH is 2. The molecule has 9 atom stereocenters. The molecule has 0 saturated carbocycles. The maximum Gasteiger partial charge on any atom is 0.326 e. The Balaban J connectivity index is 1.57. The number of para-hydroxylation sites is 1. The third-order valence-corrected chi connectivity index (χ3v) is 12.5. The second-order valence-corrected chi connectivity index (χ2v) is 18.5. The summed E-state index contributed by atoms with van der Waals surface area (Å²) in [6.07, 6.45) is -0.258. The highest BCUT2D eigenvalue weighted by Gasteiger charge is 2.37. The molecule has 1 aliphatic rings. The molecule has 21 N–H and O–H groups in total. The minimum atomic E-state index is -1.84. The van der Waals surface area contributed by atoms with Gasteiger partial charge in [-0.1, -0.05) is 18.2 Å². The van der Waals surface area contributed by atoms with Crippen LogP contribution in [0.15, 0.2) is 35.5 Å². The van der Waals surface area contributed by atoms with Gasteiger partial charge in [0, 0.05) is 48.1 Å². The van der Waals surface area contributed by atoms with Gasteiger partial charge < -0.3 is 96.0 Å². The molecule has 1 fully saturated rings. The van der Waals surface area contributed by atoms with Crippen molar-refractivity contribution < 1.29 is 72.9 Å². The number of amides is 11. The van der Waals surface area contributed by atoms with Gasteiger partial charge in [0.1, 0.15) is 42.3 Å². The van der Waals surface area contributed by atoms with Crippen LogP contribution in [0.2, 0.25) is 0 Å². The lowest BCUT2D eigenvalue weighted by atomic mass is 10.0. The summed E-state index contributed by atoms with van der Waals surface area (Å²) >= 11 is 8.02.